The average molecular weight is 465 g/mol. The number of aromatic nitrogens is 4. The van der Waals surface area contributed by atoms with Crippen molar-refractivity contribution in [1.82, 2.24) is 25.2 Å². The van der Waals surface area contributed by atoms with Crippen LogP contribution >= 0.6 is 23.4 Å². The molecular weight excluding hydrogens is 448 g/mol. The number of tetrazole rings is 1. The zero-order valence-corrected chi connectivity index (χ0v) is 18.3. The monoisotopic (exact) mass is 464 g/mol. The number of furan rings is 1. The molecule has 1 atom stereocenters. The summed E-state index contributed by atoms with van der Waals surface area (Å²) in [5.41, 5.74) is 2.54. The normalized spacial score (nSPS) is 15.7. The molecule has 2 aromatic heterocycles. The summed E-state index contributed by atoms with van der Waals surface area (Å²) in [5.74, 6) is 0.648. The van der Waals surface area contributed by atoms with Crippen molar-refractivity contribution in [2.75, 3.05) is 5.75 Å². The number of halogens is 1. The Hall–Kier alpha value is -3.43. The molecule has 0 saturated carbocycles. The van der Waals surface area contributed by atoms with Gasteiger partial charge < -0.3 is 4.42 Å². The first-order chi connectivity index (χ1) is 15.7. The second-order valence-corrected chi connectivity index (χ2v) is 8.40. The quantitative estimate of drug-likeness (QED) is 0.393. The van der Waals surface area contributed by atoms with Gasteiger partial charge in [0, 0.05) is 11.4 Å². The summed E-state index contributed by atoms with van der Waals surface area (Å²) in [5, 5.41) is 19.1. The number of carbonyl (C=O) groups is 1. The van der Waals surface area contributed by atoms with Gasteiger partial charge in [-0.3, -0.25) is 4.79 Å². The summed E-state index contributed by atoms with van der Waals surface area (Å²) < 4.78 is 7.20. The van der Waals surface area contributed by atoms with Gasteiger partial charge in [0.1, 0.15) is 11.8 Å². The molecule has 0 spiro atoms. The molecule has 0 fully saturated rings. The zero-order valence-electron chi connectivity index (χ0n) is 16.7. The number of hydrogen-bond acceptors (Lipinski definition) is 7. The van der Waals surface area contributed by atoms with Crippen LogP contribution < -0.4 is 0 Å². The van der Waals surface area contributed by atoms with E-state index in [2.05, 4.69) is 20.6 Å². The smallest absolute Gasteiger partial charge is 0.253 e. The molecule has 0 saturated heterocycles. The maximum absolute atomic E-state index is 13.2. The van der Waals surface area contributed by atoms with E-state index in [-0.39, 0.29) is 17.7 Å². The van der Waals surface area contributed by atoms with Gasteiger partial charge in [-0.1, -0.05) is 53.7 Å². The number of rotatable bonds is 6. The number of thioether (sulfide) groups is 1. The van der Waals surface area contributed by atoms with E-state index in [0.29, 0.717) is 22.4 Å². The maximum atomic E-state index is 13.2. The Bertz CT molecular complexity index is 1240. The van der Waals surface area contributed by atoms with E-state index >= 15 is 0 Å². The van der Waals surface area contributed by atoms with E-state index in [9.17, 15) is 4.79 Å². The molecule has 0 N–H and O–H groups in total. The predicted molar refractivity (Wildman–Crippen MR) is 121 cm³/mol. The van der Waals surface area contributed by atoms with Crippen molar-refractivity contribution in [2.24, 2.45) is 5.10 Å². The average Bonchev–Trinajstić information content (AvgIpc) is 3.59. The Balaban J connectivity index is 1.36. The maximum Gasteiger partial charge on any atom is 0.253 e. The lowest BCUT2D eigenvalue weighted by atomic mass is 10.0. The summed E-state index contributed by atoms with van der Waals surface area (Å²) in [4.78, 5) is 13.2. The van der Waals surface area contributed by atoms with Gasteiger partial charge in [-0.2, -0.15) is 9.78 Å². The number of para-hydroxylation sites is 1. The first-order valence-corrected chi connectivity index (χ1v) is 11.2. The molecule has 32 heavy (non-hydrogen) atoms. The van der Waals surface area contributed by atoms with E-state index in [0.717, 1.165) is 17.0 Å². The summed E-state index contributed by atoms with van der Waals surface area (Å²) in [7, 11) is 0. The van der Waals surface area contributed by atoms with Crippen molar-refractivity contribution in [1.29, 1.82) is 0 Å². The molecule has 0 bridgehead atoms. The van der Waals surface area contributed by atoms with Crippen LogP contribution in [0.2, 0.25) is 5.02 Å². The van der Waals surface area contributed by atoms with Crippen LogP contribution in [0.3, 0.4) is 0 Å². The molecule has 0 aliphatic carbocycles. The van der Waals surface area contributed by atoms with Crippen LogP contribution in [-0.2, 0) is 4.79 Å². The van der Waals surface area contributed by atoms with Crippen LogP contribution in [0, 0.1) is 0 Å². The Labute approximate surface area is 192 Å². The minimum Gasteiger partial charge on any atom is -0.467 e. The fourth-order valence-corrected chi connectivity index (χ4v) is 4.32. The Morgan fingerprint density at radius 1 is 1.09 bits per heavy atom. The Morgan fingerprint density at radius 3 is 2.66 bits per heavy atom. The largest absolute Gasteiger partial charge is 0.467 e. The SMILES string of the molecule is O=C(CSc1nnnn1-c1ccccc1)N1N=C(c2ccc(Cl)cc2)C[C@@H]1c1ccco1. The predicted octanol–water partition coefficient (Wildman–Crippen LogP) is 4.38. The Morgan fingerprint density at radius 2 is 1.91 bits per heavy atom. The highest BCUT2D eigenvalue weighted by molar-refractivity contribution is 7.99. The van der Waals surface area contributed by atoms with Gasteiger partial charge in [-0.15, -0.1) is 5.10 Å². The molecule has 1 aliphatic heterocycles. The van der Waals surface area contributed by atoms with Gasteiger partial charge in [-0.25, -0.2) is 5.01 Å². The molecule has 5 rings (SSSR count). The molecule has 8 nitrogen and oxygen atoms in total. The standard InChI is InChI=1S/C22H17ClN6O2S/c23-16-10-8-15(9-11-16)18-13-19(20-7-4-12-31-20)29(25-18)21(30)14-32-22-24-26-27-28(22)17-5-2-1-3-6-17/h1-12,19H,13-14H2/t19-/m1/s1. The summed E-state index contributed by atoms with van der Waals surface area (Å²) in [6, 6.07) is 20.3. The van der Waals surface area contributed by atoms with Gasteiger partial charge in [0.2, 0.25) is 5.16 Å². The third-order valence-electron chi connectivity index (χ3n) is 4.98. The van der Waals surface area contributed by atoms with E-state index in [4.69, 9.17) is 16.0 Å². The third-order valence-corrected chi connectivity index (χ3v) is 6.14. The van der Waals surface area contributed by atoms with Crippen molar-refractivity contribution >= 4 is 35.0 Å². The summed E-state index contributed by atoms with van der Waals surface area (Å²) in [6.45, 7) is 0. The highest BCUT2D eigenvalue weighted by Crippen LogP contribution is 2.34. The van der Waals surface area contributed by atoms with Crippen LogP contribution in [0.4, 0.5) is 0 Å². The van der Waals surface area contributed by atoms with Crippen LogP contribution in [0.1, 0.15) is 23.8 Å². The first kappa shape index (κ1) is 20.5. The molecule has 1 amide bonds. The van der Waals surface area contributed by atoms with Crippen LogP contribution in [-0.4, -0.2) is 42.6 Å². The first-order valence-electron chi connectivity index (χ1n) is 9.84. The minimum atomic E-state index is -0.311. The van der Waals surface area contributed by atoms with Gasteiger partial charge >= 0.3 is 0 Å². The molecule has 3 heterocycles. The minimum absolute atomic E-state index is 0.127. The number of benzene rings is 2. The Kier molecular flexibility index (Phi) is 5.74. The van der Waals surface area contributed by atoms with Gasteiger partial charge in [0.25, 0.3) is 5.91 Å². The third kappa shape index (κ3) is 4.17. The molecular formula is C22H17ClN6O2S. The van der Waals surface area contributed by atoms with Crippen LogP contribution in [0.25, 0.3) is 5.69 Å². The molecule has 10 heteroatoms. The number of hydrazone groups is 1. The summed E-state index contributed by atoms with van der Waals surface area (Å²) in [6.07, 6.45) is 2.15. The molecule has 0 radical (unpaired) electrons. The number of amides is 1. The molecule has 1 aliphatic rings. The molecule has 160 valence electrons. The second kappa shape index (κ2) is 8.97. The van der Waals surface area contributed by atoms with Crippen molar-refractivity contribution in [3.63, 3.8) is 0 Å². The van der Waals surface area contributed by atoms with Crippen molar-refractivity contribution in [2.45, 2.75) is 17.6 Å². The van der Waals surface area contributed by atoms with Gasteiger partial charge in [-0.05, 0) is 52.4 Å². The highest BCUT2D eigenvalue weighted by atomic mass is 35.5. The van der Waals surface area contributed by atoms with E-state index in [1.54, 1.807) is 17.0 Å². The topological polar surface area (TPSA) is 89.4 Å². The molecule has 4 aromatic rings. The lowest BCUT2D eigenvalue weighted by Gasteiger charge is -2.19. The molecule has 2 aromatic carbocycles. The number of carbonyl (C=O) groups excluding carboxylic acids is 1. The fraction of sp³-hybridized carbons (Fsp3) is 0.136. The van der Waals surface area contributed by atoms with Gasteiger partial charge in [0.05, 0.1) is 23.4 Å². The lowest BCUT2D eigenvalue weighted by molar-refractivity contribution is -0.130. The van der Waals surface area contributed by atoms with E-state index in [1.165, 1.54) is 16.8 Å². The summed E-state index contributed by atoms with van der Waals surface area (Å²) >= 11 is 7.27. The zero-order chi connectivity index (χ0) is 21.9. The second-order valence-electron chi connectivity index (χ2n) is 7.02. The lowest BCUT2D eigenvalue weighted by Crippen LogP contribution is -2.28. The van der Waals surface area contributed by atoms with Gasteiger partial charge in [0.15, 0.2) is 0 Å². The van der Waals surface area contributed by atoms with Crippen molar-refractivity contribution in [3.05, 3.63) is 89.3 Å². The number of nitrogens with zero attached hydrogens (tertiary/aromatic N) is 6. The fourth-order valence-electron chi connectivity index (χ4n) is 3.45. The number of hydrogen-bond donors (Lipinski definition) is 0. The van der Waals surface area contributed by atoms with E-state index < -0.39 is 0 Å². The van der Waals surface area contributed by atoms with Crippen LogP contribution in [0.15, 0.2) is 87.7 Å². The highest BCUT2D eigenvalue weighted by Gasteiger charge is 2.35. The van der Waals surface area contributed by atoms with Crippen LogP contribution in [0.5, 0.6) is 0 Å². The van der Waals surface area contributed by atoms with Crippen molar-refractivity contribution < 1.29 is 9.21 Å². The van der Waals surface area contributed by atoms with E-state index in [1.807, 2.05) is 60.7 Å². The molecule has 0 unspecified atom stereocenters. The van der Waals surface area contributed by atoms with Crippen molar-refractivity contribution in [3.8, 4) is 5.69 Å².